The Morgan fingerprint density at radius 2 is 2.54 bits per heavy atom. The molecule has 0 bridgehead atoms. The van der Waals surface area contributed by atoms with Gasteiger partial charge in [-0.25, -0.2) is 0 Å². The van der Waals surface area contributed by atoms with Crippen LogP contribution in [-0.4, -0.2) is 29.3 Å². The summed E-state index contributed by atoms with van der Waals surface area (Å²) in [5.41, 5.74) is 0. The van der Waals surface area contributed by atoms with Crippen LogP contribution in [0.25, 0.3) is 0 Å². The van der Waals surface area contributed by atoms with Crippen LogP contribution in [0.4, 0.5) is 5.82 Å². The third kappa shape index (κ3) is 1.22. The standard InChI is InChI=1S/C8H9N3O2/c1-2-11-7(12)5-13-6-3-4-9-10-8(6)11/h3-4H,2,5H2,1H3. The molecular formula is C8H9N3O2. The first-order valence-electron chi connectivity index (χ1n) is 4.07. The van der Waals surface area contributed by atoms with Crippen LogP contribution in [-0.2, 0) is 4.79 Å². The van der Waals surface area contributed by atoms with E-state index in [4.69, 9.17) is 4.74 Å². The van der Waals surface area contributed by atoms with Crippen molar-refractivity contribution >= 4 is 11.7 Å². The van der Waals surface area contributed by atoms with Crippen LogP contribution in [0.3, 0.4) is 0 Å². The molecule has 1 aliphatic heterocycles. The molecule has 5 heteroatoms. The SMILES string of the molecule is CCN1C(=O)COc2ccnnc21. The van der Waals surface area contributed by atoms with Crippen molar-refractivity contribution in [2.24, 2.45) is 0 Å². The summed E-state index contributed by atoms with van der Waals surface area (Å²) < 4.78 is 5.17. The van der Waals surface area contributed by atoms with E-state index in [-0.39, 0.29) is 12.5 Å². The Hall–Kier alpha value is -1.65. The number of ether oxygens (including phenoxy) is 1. The summed E-state index contributed by atoms with van der Waals surface area (Å²) >= 11 is 0. The Balaban J connectivity index is 2.45. The smallest absolute Gasteiger partial charge is 0.266 e. The van der Waals surface area contributed by atoms with E-state index in [1.165, 1.54) is 0 Å². The first-order valence-corrected chi connectivity index (χ1v) is 4.07. The number of hydrogen-bond donors (Lipinski definition) is 0. The molecule has 2 rings (SSSR count). The van der Waals surface area contributed by atoms with Gasteiger partial charge in [0.2, 0.25) is 0 Å². The van der Waals surface area contributed by atoms with Crippen LogP contribution in [0, 0.1) is 0 Å². The highest BCUT2D eigenvalue weighted by Crippen LogP contribution is 2.27. The van der Waals surface area contributed by atoms with E-state index < -0.39 is 0 Å². The van der Waals surface area contributed by atoms with Crippen LogP contribution < -0.4 is 9.64 Å². The third-order valence-electron chi connectivity index (χ3n) is 1.89. The summed E-state index contributed by atoms with van der Waals surface area (Å²) in [4.78, 5) is 12.9. The number of rotatable bonds is 1. The second kappa shape index (κ2) is 3.01. The van der Waals surface area contributed by atoms with E-state index in [9.17, 15) is 4.79 Å². The number of carbonyl (C=O) groups is 1. The zero-order valence-corrected chi connectivity index (χ0v) is 7.23. The normalized spacial score (nSPS) is 15.2. The predicted octanol–water partition coefficient (Wildman–Crippen LogP) is 0.222. The Bertz CT molecular complexity index is 340. The molecule has 0 radical (unpaired) electrons. The van der Waals surface area contributed by atoms with Crippen molar-refractivity contribution in [3.8, 4) is 5.75 Å². The summed E-state index contributed by atoms with van der Waals surface area (Å²) in [6.45, 7) is 2.57. The van der Waals surface area contributed by atoms with Crippen molar-refractivity contribution in [1.82, 2.24) is 10.2 Å². The number of fused-ring (bicyclic) bond motifs is 1. The zero-order valence-electron chi connectivity index (χ0n) is 7.23. The first-order chi connectivity index (χ1) is 6.33. The molecule has 0 unspecified atom stereocenters. The van der Waals surface area contributed by atoms with E-state index in [1.54, 1.807) is 17.2 Å². The van der Waals surface area contributed by atoms with Crippen molar-refractivity contribution in [3.63, 3.8) is 0 Å². The maximum atomic E-state index is 11.3. The molecule has 13 heavy (non-hydrogen) atoms. The van der Waals surface area contributed by atoms with Gasteiger partial charge < -0.3 is 4.74 Å². The number of amides is 1. The average molecular weight is 179 g/mol. The summed E-state index contributed by atoms with van der Waals surface area (Å²) in [7, 11) is 0. The van der Waals surface area contributed by atoms with Crippen LogP contribution >= 0.6 is 0 Å². The minimum atomic E-state index is -0.0736. The van der Waals surface area contributed by atoms with Crippen molar-refractivity contribution in [2.75, 3.05) is 18.1 Å². The first kappa shape index (κ1) is 7.97. The topological polar surface area (TPSA) is 55.3 Å². The van der Waals surface area contributed by atoms with E-state index >= 15 is 0 Å². The number of likely N-dealkylation sites (N-methyl/N-ethyl adjacent to an activating group) is 1. The van der Waals surface area contributed by atoms with Crippen LogP contribution in [0.15, 0.2) is 12.3 Å². The average Bonchev–Trinajstić information content (AvgIpc) is 2.18. The number of nitrogens with zero attached hydrogens (tertiary/aromatic N) is 3. The van der Waals surface area contributed by atoms with Gasteiger partial charge in [0.05, 0.1) is 6.20 Å². The number of hydrogen-bond acceptors (Lipinski definition) is 4. The lowest BCUT2D eigenvalue weighted by Crippen LogP contribution is -2.39. The quantitative estimate of drug-likeness (QED) is 0.619. The van der Waals surface area contributed by atoms with Crippen LogP contribution in [0.2, 0.25) is 0 Å². The predicted molar refractivity (Wildman–Crippen MR) is 45.6 cm³/mol. The van der Waals surface area contributed by atoms with Gasteiger partial charge in [-0.2, -0.15) is 5.10 Å². The largest absolute Gasteiger partial charge is 0.480 e. The molecule has 0 atom stereocenters. The lowest BCUT2D eigenvalue weighted by Gasteiger charge is -2.25. The molecule has 0 saturated carbocycles. The maximum Gasteiger partial charge on any atom is 0.266 e. The summed E-state index contributed by atoms with van der Waals surface area (Å²) in [6.07, 6.45) is 1.54. The minimum absolute atomic E-state index is 0.0736. The second-order valence-electron chi connectivity index (χ2n) is 2.65. The molecule has 1 aliphatic rings. The van der Waals surface area contributed by atoms with Gasteiger partial charge in [0.1, 0.15) is 0 Å². The van der Waals surface area contributed by atoms with Crippen molar-refractivity contribution in [2.45, 2.75) is 6.92 Å². The molecule has 1 amide bonds. The molecule has 2 heterocycles. The fraction of sp³-hybridized carbons (Fsp3) is 0.375. The maximum absolute atomic E-state index is 11.3. The highest BCUT2D eigenvalue weighted by molar-refractivity contribution is 5.96. The van der Waals surface area contributed by atoms with Crippen LogP contribution in [0.1, 0.15) is 6.92 Å². The molecule has 0 aromatic carbocycles. The molecular weight excluding hydrogens is 170 g/mol. The Labute approximate surface area is 75.3 Å². The fourth-order valence-corrected chi connectivity index (χ4v) is 1.27. The van der Waals surface area contributed by atoms with Gasteiger partial charge in [0.25, 0.3) is 5.91 Å². The number of carbonyl (C=O) groups excluding carboxylic acids is 1. The molecule has 0 saturated heterocycles. The Morgan fingerprint density at radius 1 is 1.69 bits per heavy atom. The van der Waals surface area contributed by atoms with Gasteiger partial charge in [0.15, 0.2) is 18.2 Å². The molecule has 1 aromatic heterocycles. The Kier molecular flexibility index (Phi) is 1.84. The molecule has 0 fully saturated rings. The molecule has 1 aromatic rings. The van der Waals surface area contributed by atoms with Gasteiger partial charge in [-0.1, -0.05) is 0 Å². The van der Waals surface area contributed by atoms with E-state index in [1.807, 2.05) is 6.92 Å². The monoisotopic (exact) mass is 179 g/mol. The summed E-state index contributed by atoms with van der Waals surface area (Å²) in [5.74, 6) is 1.06. The van der Waals surface area contributed by atoms with E-state index in [0.717, 1.165) is 0 Å². The molecule has 0 aliphatic carbocycles. The van der Waals surface area contributed by atoms with Gasteiger partial charge in [-0.05, 0) is 6.92 Å². The lowest BCUT2D eigenvalue weighted by molar-refractivity contribution is -0.121. The molecule has 68 valence electrons. The minimum Gasteiger partial charge on any atom is -0.480 e. The van der Waals surface area contributed by atoms with Crippen molar-refractivity contribution in [3.05, 3.63) is 12.3 Å². The van der Waals surface area contributed by atoms with Gasteiger partial charge in [0, 0.05) is 12.6 Å². The summed E-state index contributed by atoms with van der Waals surface area (Å²) in [5, 5.41) is 7.56. The van der Waals surface area contributed by atoms with E-state index in [0.29, 0.717) is 18.1 Å². The second-order valence-corrected chi connectivity index (χ2v) is 2.65. The molecule has 5 nitrogen and oxygen atoms in total. The number of aromatic nitrogens is 2. The van der Waals surface area contributed by atoms with Crippen molar-refractivity contribution in [1.29, 1.82) is 0 Å². The van der Waals surface area contributed by atoms with Crippen molar-refractivity contribution < 1.29 is 9.53 Å². The molecule has 0 N–H and O–H groups in total. The third-order valence-corrected chi connectivity index (χ3v) is 1.89. The zero-order chi connectivity index (χ0) is 9.26. The van der Waals surface area contributed by atoms with Gasteiger partial charge >= 0.3 is 0 Å². The summed E-state index contributed by atoms with van der Waals surface area (Å²) in [6, 6.07) is 1.71. The highest BCUT2D eigenvalue weighted by Gasteiger charge is 2.25. The number of anilines is 1. The van der Waals surface area contributed by atoms with E-state index in [2.05, 4.69) is 10.2 Å². The Morgan fingerprint density at radius 3 is 3.31 bits per heavy atom. The van der Waals surface area contributed by atoms with Crippen LogP contribution in [0.5, 0.6) is 5.75 Å². The van der Waals surface area contributed by atoms with Gasteiger partial charge in [-0.15, -0.1) is 5.10 Å². The van der Waals surface area contributed by atoms with Gasteiger partial charge in [-0.3, -0.25) is 9.69 Å². The highest BCUT2D eigenvalue weighted by atomic mass is 16.5. The lowest BCUT2D eigenvalue weighted by atomic mass is 10.3. The fourth-order valence-electron chi connectivity index (χ4n) is 1.27. The molecule has 0 spiro atoms.